The number of hydrogen-bond donors (Lipinski definition) is 1. The van der Waals surface area contributed by atoms with Gasteiger partial charge in [0.2, 0.25) is 0 Å². The molecule has 2 atom stereocenters. The summed E-state index contributed by atoms with van der Waals surface area (Å²) in [5, 5.41) is 8.85. The Morgan fingerprint density at radius 3 is 2.08 bits per heavy atom. The fraction of sp³-hybridized carbons (Fsp3) is 0.909. The second-order valence-corrected chi connectivity index (χ2v) is 3.20. The molecule has 0 spiro atoms. The molecule has 80 valence electrons. The Morgan fingerprint density at radius 1 is 1.38 bits per heavy atom. The van der Waals surface area contributed by atoms with E-state index in [2.05, 4.69) is 0 Å². The van der Waals surface area contributed by atoms with Crippen LogP contribution in [0.3, 0.4) is 0 Å². The van der Waals surface area contributed by atoms with E-state index >= 15 is 0 Å². The van der Waals surface area contributed by atoms with Crippen molar-refractivity contribution >= 4 is 5.78 Å². The lowest BCUT2D eigenvalue weighted by atomic mass is 9.92. The minimum Gasteiger partial charge on any atom is -0.396 e. The van der Waals surface area contributed by atoms with Crippen LogP contribution < -0.4 is 0 Å². The van der Waals surface area contributed by atoms with Crippen molar-refractivity contribution in [2.24, 2.45) is 11.8 Å². The lowest BCUT2D eigenvalue weighted by Gasteiger charge is -2.14. The minimum absolute atomic E-state index is 0.104. The zero-order valence-corrected chi connectivity index (χ0v) is 9.63. The molecule has 0 heterocycles. The Balaban J connectivity index is 0. The van der Waals surface area contributed by atoms with Gasteiger partial charge in [0.05, 0.1) is 0 Å². The molecule has 13 heavy (non-hydrogen) atoms. The first kappa shape index (κ1) is 15.1. The molecule has 0 aliphatic rings. The summed E-state index contributed by atoms with van der Waals surface area (Å²) in [7, 11) is 0. The van der Waals surface area contributed by atoms with Crippen LogP contribution in [0, 0.1) is 11.8 Å². The zero-order chi connectivity index (χ0) is 10.9. The topological polar surface area (TPSA) is 37.3 Å². The average Bonchev–Trinajstić information content (AvgIpc) is 2.16. The van der Waals surface area contributed by atoms with E-state index in [0.29, 0.717) is 5.92 Å². The van der Waals surface area contributed by atoms with Crippen molar-refractivity contribution in [2.75, 3.05) is 6.61 Å². The fourth-order valence-electron chi connectivity index (χ4n) is 1.04. The maximum atomic E-state index is 10.8. The predicted molar refractivity (Wildman–Crippen MR) is 56.7 cm³/mol. The Kier molecular flexibility index (Phi) is 11.3. The van der Waals surface area contributed by atoms with Gasteiger partial charge in [0, 0.05) is 12.5 Å². The molecule has 0 aliphatic heterocycles. The lowest BCUT2D eigenvalue weighted by Crippen LogP contribution is -2.14. The SMILES string of the molecule is CC.CCC(CO)CC(C)C(C)=O. The van der Waals surface area contributed by atoms with Crippen LogP contribution in [0.25, 0.3) is 0 Å². The van der Waals surface area contributed by atoms with Crippen LogP contribution in [0.15, 0.2) is 0 Å². The van der Waals surface area contributed by atoms with E-state index in [1.165, 1.54) is 0 Å². The van der Waals surface area contributed by atoms with E-state index in [-0.39, 0.29) is 18.3 Å². The number of Topliss-reactive ketones (excluding diaryl/α,β-unsaturated/α-hetero) is 1. The van der Waals surface area contributed by atoms with Gasteiger partial charge in [0.25, 0.3) is 0 Å². The average molecular weight is 188 g/mol. The van der Waals surface area contributed by atoms with Crippen molar-refractivity contribution in [3.63, 3.8) is 0 Å². The van der Waals surface area contributed by atoms with E-state index in [1.807, 2.05) is 27.7 Å². The number of aliphatic hydroxyl groups excluding tert-OH is 1. The monoisotopic (exact) mass is 188 g/mol. The van der Waals surface area contributed by atoms with Gasteiger partial charge < -0.3 is 5.11 Å². The Hall–Kier alpha value is -0.370. The van der Waals surface area contributed by atoms with Crippen molar-refractivity contribution in [3.8, 4) is 0 Å². The van der Waals surface area contributed by atoms with Gasteiger partial charge in [-0.05, 0) is 19.3 Å². The molecular weight excluding hydrogens is 164 g/mol. The highest BCUT2D eigenvalue weighted by molar-refractivity contribution is 5.77. The number of rotatable bonds is 5. The van der Waals surface area contributed by atoms with Gasteiger partial charge >= 0.3 is 0 Å². The highest BCUT2D eigenvalue weighted by Gasteiger charge is 2.13. The van der Waals surface area contributed by atoms with Crippen molar-refractivity contribution in [1.82, 2.24) is 0 Å². The third-order valence-corrected chi connectivity index (χ3v) is 2.22. The van der Waals surface area contributed by atoms with Gasteiger partial charge in [-0.2, -0.15) is 0 Å². The number of hydrogen-bond acceptors (Lipinski definition) is 2. The summed E-state index contributed by atoms with van der Waals surface area (Å²) in [6.07, 6.45) is 1.77. The molecule has 1 N–H and O–H groups in total. The second-order valence-electron chi connectivity index (χ2n) is 3.20. The van der Waals surface area contributed by atoms with E-state index < -0.39 is 0 Å². The molecule has 2 nitrogen and oxygen atoms in total. The van der Waals surface area contributed by atoms with E-state index in [9.17, 15) is 4.79 Å². The van der Waals surface area contributed by atoms with Gasteiger partial charge in [-0.25, -0.2) is 0 Å². The van der Waals surface area contributed by atoms with Crippen LogP contribution in [0.5, 0.6) is 0 Å². The fourth-order valence-corrected chi connectivity index (χ4v) is 1.04. The Morgan fingerprint density at radius 2 is 1.85 bits per heavy atom. The summed E-state index contributed by atoms with van der Waals surface area (Å²) < 4.78 is 0. The van der Waals surface area contributed by atoms with Crippen molar-refractivity contribution in [2.45, 2.75) is 47.5 Å². The molecule has 0 saturated heterocycles. The third kappa shape index (κ3) is 7.97. The summed E-state index contributed by atoms with van der Waals surface area (Å²) in [6, 6.07) is 0. The van der Waals surface area contributed by atoms with Crippen LogP contribution in [-0.4, -0.2) is 17.5 Å². The minimum atomic E-state index is 0.104. The highest BCUT2D eigenvalue weighted by Crippen LogP contribution is 2.15. The first-order chi connectivity index (χ1) is 6.11. The van der Waals surface area contributed by atoms with Crippen LogP contribution in [0.1, 0.15) is 47.5 Å². The number of ketones is 1. The van der Waals surface area contributed by atoms with Gasteiger partial charge in [-0.15, -0.1) is 0 Å². The largest absolute Gasteiger partial charge is 0.396 e. The van der Waals surface area contributed by atoms with Gasteiger partial charge in [0.15, 0.2) is 0 Å². The standard InChI is InChI=1S/C9H18O2.C2H6/c1-4-9(6-10)5-7(2)8(3)11;1-2/h7,9-10H,4-6H2,1-3H3;1-2H3. The normalized spacial score (nSPS) is 14.0. The third-order valence-electron chi connectivity index (χ3n) is 2.22. The maximum Gasteiger partial charge on any atom is 0.132 e. The summed E-state index contributed by atoms with van der Waals surface area (Å²) in [4.78, 5) is 10.8. The first-order valence-corrected chi connectivity index (χ1v) is 5.23. The van der Waals surface area contributed by atoms with Crippen LogP contribution in [0.4, 0.5) is 0 Å². The van der Waals surface area contributed by atoms with Crippen LogP contribution in [0.2, 0.25) is 0 Å². The van der Waals surface area contributed by atoms with E-state index in [1.54, 1.807) is 6.92 Å². The lowest BCUT2D eigenvalue weighted by molar-refractivity contribution is -0.120. The maximum absolute atomic E-state index is 10.8. The molecule has 0 aromatic carbocycles. The molecule has 0 aromatic heterocycles. The van der Waals surface area contributed by atoms with E-state index in [0.717, 1.165) is 12.8 Å². The molecule has 0 bridgehead atoms. The van der Waals surface area contributed by atoms with Crippen molar-refractivity contribution in [1.29, 1.82) is 0 Å². The number of carbonyl (C=O) groups is 1. The molecule has 0 aliphatic carbocycles. The second kappa shape index (κ2) is 9.72. The first-order valence-electron chi connectivity index (χ1n) is 5.23. The summed E-state index contributed by atoms with van der Waals surface area (Å²) >= 11 is 0. The molecule has 0 saturated carbocycles. The molecule has 0 aromatic rings. The Labute approximate surface area is 82.4 Å². The van der Waals surface area contributed by atoms with Crippen molar-refractivity contribution in [3.05, 3.63) is 0 Å². The Bertz CT molecular complexity index is 117. The highest BCUT2D eigenvalue weighted by atomic mass is 16.3. The molecular formula is C11H24O2. The van der Waals surface area contributed by atoms with E-state index in [4.69, 9.17) is 5.11 Å². The summed E-state index contributed by atoms with van der Waals surface area (Å²) in [5.74, 6) is 0.623. The predicted octanol–water partition coefficient (Wildman–Crippen LogP) is 2.65. The molecule has 0 rings (SSSR count). The summed E-state index contributed by atoms with van der Waals surface area (Å²) in [5.41, 5.74) is 0. The van der Waals surface area contributed by atoms with Crippen LogP contribution >= 0.6 is 0 Å². The number of aliphatic hydroxyl groups is 1. The van der Waals surface area contributed by atoms with Gasteiger partial charge in [0.1, 0.15) is 5.78 Å². The molecule has 0 fully saturated rings. The summed E-state index contributed by atoms with van der Waals surface area (Å²) in [6.45, 7) is 9.76. The van der Waals surface area contributed by atoms with Crippen molar-refractivity contribution < 1.29 is 9.90 Å². The molecule has 0 radical (unpaired) electrons. The van der Waals surface area contributed by atoms with Crippen LogP contribution in [-0.2, 0) is 4.79 Å². The quantitative estimate of drug-likeness (QED) is 0.720. The van der Waals surface area contributed by atoms with Gasteiger partial charge in [-0.3, -0.25) is 4.79 Å². The number of carbonyl (C=O) groups excluding carboxylic acids is 1. The smallest absolute Gasteiger partial charge is 0.132 e. The molecule has 2 heteroatoms. The van der Waals surface area contributed by atoms with Gasteiger partial charge in [-0.1, -0.05) is 34.1 Å². The zero-order valence-electron chi connectivity index (χ0n) is 9.63. The molecule has 2 unspecified atom stereocenters. The molecule has 0 amide bonds.